The third-order valence-electron chi connectivity index (χ3n) is 10.8. The maximum Gasteiger partial charge on any atom is 0.143 e. The van der Waals surface area contributed by atoms with Crippen molar-refractivity contribution in [2.24, 2.45) is 0 Å². The number of nitrogens with one attached hydrogen (secondary N) is 2. The van der Waals surface area contributed by atoms with Crippen LogP contribution in [0, 0.1) is 23.3 Å². The van der Waals surface area contributed by atoms with Crippen LogP contribution in [0.5, 0.6) is 0 Å². The minimum Gasteiger partial charge on any atom is -0.361 e. The summed E-state index contributed by atoms with van der Waals surface area (Å²) in [6.07, 6.45) is 16.4. The number of allylic oxidation sites excluding steroid dienone is 8. The van der Waals surface area contributed by atoms with E-state index in [4.69, 9.17) is 0 Å². The summed E-state index contributed by atoms with van der Waals surface area (Å²) < 4.78 is 69.8. The summed E-state index contributed by atoms with van der Waals surface area (Å²) in [6, 6.07) is 34.4. The lowest BCUT2D eigenvalue weighted by Crippen LogP contribution is -2.35. The van der Waals surface area contributed by atoms with E-state index in [2.05, 4.69) is 9.97 Å². The lowest BCUT2D eigenvalue weighted by atomic mass is 9.61. The minimum absolute atomic E-state index is 0.159. The Labute approximate surface area is 316 Å². The third-order valence-corrected chi connectivity index (χ3v) is 10.8. The van der Waals surface area contributed by atoms with Gasteiger partial charge in [-0.15, -0.1) is 0 Å². The van der Waals surface area contributed by atoms with Gasteiger partial charge >= 0.3 is 0 Å². The van der Waals surface area contributed by atoms with Crippen molar-refractivity contribution in [3.63, 3.8) is 0 Å². The molecular formula is C49H34F4N2. The molecule has 6 heteroatoms. The number of rotatable bonds is 9. The van der Waals surface area contributed by atoms with Crippen LogP contribution in [0.25, 0.3) is 44.8 Å². The zero-order chi connectivity index (χ0) is 37.5. The van der Waals surface area contributed by atoms with Crippen molar-refractivity contribution in [3.8, 4) is 33.6 Å². The fourth-order valence-corrected chi connectivity index (χ4v) is 8.42. The van der Waals surface area contributed by atoms with Crippen molar-refractivity contribution in [2.45, 2.75) is 18.3 Å². The fraction of sp³-hybridized carbons (Fsp3) is 0.0612. The predicted molar refractivity (Wildman–Crippen MR) is 213 cm³/mol. The summed E-state index contributed by atoms with van der Waals surface area (Å²) >= 11 is 0. The summed E-state index contributed by atoms with van der Waals surface area (Å²) in [4.78, 5) is 6.15. The summed E-state index contributed by atoms with van der Waals surface area (Å²) in [5.41, 5.74) is 3.71. The van der Waals surface area contributed by atoms with Gasteiger partial charge < -0.3 is 9.97 Å². The van der Waals surface area contributed by atoms with Gasteiger partial charge in [0.1, 0.15) is 23.3 Å². The van der Waals surface area contributed by atoms with Crippen LogP contribution in [0.3, 0.4) is 0 Å². The van der Waals surface area contributed by atoms with Gasteiger partial charge in [-0.1, -0.05) is 109 Å². The van der Waals surface area contributed by atoms with Gasteiger partial charge in [-0.3, -0.25) is 0 Å². The average molecular weight is 727 g/mol. The molecule has 0 amide bonds. The first kappa shape index (κ1) is 34.1. The van der Waals surface area contributed by atoms with Crippen molar-refractivity contribution < 1.29 is 17.6 Å². The molecule has 0 bridgehead atoms. The third kappa shape index (κ3) is 5.56. The molecule has 0 fully saturated rings. The quantitative estimate of drug-likeness (QED) is 0.110. The van der Waals surface area contributed by atoms with E-state index in [0.29, 0.717) is 46.5 Å². The van der Waals surface area contributed by atoms with Crippen LogP contribution in [-0.4, -0.2) is 9.97 Å². The second-order valence-corrected chi connectivity index (χ2v) is 13.8. The molecule has 2 aliphatic rings. The first-order valence-corrected chi connectivity index (χ1v) is 18.2. The lowest BCUT2D eigenvalue weighted by Gasteiger charge is -2.40. The predicted octanol–water partition coefficient (Wildman–Crippen LogP) is 13.0. The monoisotopic (exact) mass is 726 g/mol. The molecule has 0 unspecified atom stereocenters. The molecule has 55 heavy (non-hydrogen) atoms. The van der Waals surface area contributed by atoms with Crippen molar-refractivity contribution in [1.82, 2.24) is 9.97 Å². The first-order chi connectivity index (χ1) is 27.0. The molecule has 9 rings (SSSR count). The van der Waals surface area contributed by atoms with Crippen molar-refractivity contribution >= 4 is 11.1 Å². The van der Waals surface area contributed by atoms with Crippen molar-refractivity contribution in [2.75, 3.05) is 0 Å². The van der Waals surface area contributed by atoms with Crippen molar-refractivity contribution in [1.29, 1.82) is 0 Å². The Morgan fingerprint density at radius 1 is 0.455 bits per heavy atom. The second kappa shape index (κ2) is 14.0. The lowest BCUT2D eigenvalue weighted by molar-refractivity contribution is 0.525. The molecular weight excluding hydrogens is 693 g/mol. The molecule has 268 valence electrons. The molecule has 0 saturated heterocycles. The highest BCUT2D eigenvalue weighted by molar-refractivity contribution is 5.95. The van der Waals surface area contributed by atoms with E-state index in [9.17, 15) is 0 Å². The number of benzene rings is 5. The van der Waals surface area contributed by atoms with Gasteiger partial charge in [0.2, 0.25) is 0 Å². The van der Waals surface area contributed by atoms with Gasteiger partial charge in [-0.25, -0.2) is 17.6 Å². The van der Waals surface area contributed by atoms with Gasteiger partial charge in [0, 0.05) is 46.0 Å². The Kier molecular flexibility index (Phi) is 8.66. The van der Waals surface area contributed by atoms with E-state index >= 15 is 17.6 Å². The number of aromatic amines is 2. The zero-order valence-electron chi connectivity index (χ0n) is 29.6. The number of hydrogen-bond acceptors (Lipinski definition) is 0. The maximum absolute atomic E-state index is 17.9. The van der Waals surface area contributed by atoms with E-state index < -0.39 is 28.7 Å². The van der Waals surface area contributed by atoms with Gasteiger partial charge in [0.25, 0.3) is 0 Å². The van der Waals surface area contributed by atoms with Crippen LogP contribution in [0.1, 0.15) is 46.2 Å². The molecule has 2 aliphatic carbocycles. The Morgan fingerprint density at radius 3 is 1.55 bits per heavy atom. The molecule has 2 nitrogen and oxygen atoms in total. The van der Waals surface area contributed by atoms with E-state index in [-0.39, 0.29) is 27.8 Å². The van der Waals surface area contributed by atoms with Crippen LogP contribution in [-0.2, 0) is 5.41 Å². The second-order valence-electron chi connectivity index (χ2n) is 13.8. The zero-order valence-corrected chi connectivity index (χ0v) is 29.6. The molecule has 0 spiro atoms. The largest absolute Gasteiger partial charge is 0.361 e. The summed E-state index contributed by atoms with van der Waals surface area (Å²) in [7, 11) is 0. The van der Waals surface area contributed by atoms with Crippen LogP contribution in [0.15, 0.2) is 170 Å². The Bertz CT molecular complexity index is 2630. The Balaban J connectivity index is 1.53. The molecule has 7 aromatic rings. The summed E-state index contributed by atoms with van der Waals surface area (Å²) in [6.45, 7) is 0. The molecule has 2 aromatic heterocycles. The average Bonchev–Trinajstić information content (AvgIpc) is 4.06. The molecule has 2 N–H and O–H groups in total. The number of halogens is 4. The van der Waals surface area contributed by atoms with Crippen LogP contribution in [0.4, 0.5) is 17.6 Å². The minimum atomic E-state index is -1.78. The van der Waals surface area contributed by atoms with Gasteiger partial charge in [0.05, 0.1) is 11.0 Å². The van der Waals surface area contributed by atoms with Crippen molar-refractivity contribution in [3.05, 3.63) is 227 Å². The number of hydrogen-bond donors (Lipinski definition) is 2. The van der Waals surface area contributed by atoms with Gasteiger partial charge in [0.15, 0.2) is 0 Å². The van der Waals surface area contributed by atoms with Gasteiger partial charge in [-0.05, 0) is 100 Å². The highest BCUT2D eigenvalue weighted by atomic mass is 19.1. The van der Waals surface area contributed by atoms with Crippen LogP contribution in [0.2, 0.25) is 0 Å². The molecule has 0 atom stereocenters. The summed E-state index contributed by atoms with van der Waals surface area (Å²) in [5, 5.41) is 0. The SMILES string of the molecule is Fc1ccc(-c2ccc[nH]2)c(F)c1-c1c(C(c2ccccc2)(c2ccccc2)c2c(F)ccc(-c3ccc[nH]3)c2F)ccc(C2=CC=CC2)c1C1=CC=CC1. The fourth-order valence-electron chi connectivity index (χ4n) is 8.42. The molecule has 0 saturated carbocycles. The smallest absolute Gasteiger partial charge is 0.143 e. The summed E-state index contributed by atoms with van der Waals surface area (Å²) in [5.74, 6) is -3.18. The highest BCUT2D eigenvalue weighted by Crippen LogP contribution is 2.55. The molecule has 0 aliphatic heterocycles. The van der Waals surface area contributed by atoms with Crippen LogP contribution < -0.4 is 0 Å². The van der Waals surface area contributed by atoms with Gasteiger partial charge in [-0.2, -0.15) is 0 Å². The Hall–Kier alpha value is -6.66. The normalized spacial score (nSPS) is 13.7. The van der Waals surface area contributed by atoms with E-state index in [1.54, 1.807) is 36.7 Å². The highest BCUT2D eigenvalue weighted by Gasteiger charge is 2.46. The number of aromatic nitrogens is 2. The Morgan fingerprint density at radius 2 is 1.00 bits per heavy atom. The molecule has 0 radical (unpaired) electrons. The number of H-pyrrole nitrogens is 2. The maximum atomic E-state index is 17.9. The molecule has 5 aromatic carbocycles. The molecule has 2 heterocycles. The standard InChI is InChI=1S/C49H34F4N2/c50-39-27-24-36(41-21-11-29-54-41)47(52)45(39)44-38(26-23-35(31-13-7-8-14-31)43(44)32-15-9-10-16-32)49(33-17-3-1-4-18-33,34-19-5-2-6-20-34)46-40(51)28-25-37(48(46)53)42-22-12-30-55-42/h1-13,15,17-30,54-55H,14,16H2. The van der Waals surface area contributed by atoms with E-state index in [1.165, 1.54) is 24.3 Å². The first-order valence-electron chi connectivity index (χ1n) is 18.2. The van der Waals surface area contributed by atoms with E-state index in [0.717, 1.165) is 16.7 Å². The van der Waals surface area contributed by atoms with Crippen LogP contribution >= 0.6 is 0 Å². The topological polar surface area (TPSA) is 31.6 Å². The van der Waals surface area contributed by atoms with E-state index in [1.807, 2.05) is 109 Å².